The molecule has 0 aliphatic carbocycles. The van der Waals surface area contributed by atoms with Crippen LogP contribution in [0.1, 0.15) is 35.3 Å². The lowest BCUT2D eigenvalue weighted by Gasteiger charge is -2.04. The van der Waals surface area contributed by atoms with Gasteiger partial charge in [-0.15, -0.1) is 0 Å². The topological polar surface area (TPSA) is 70.9 Å². The number of aryl methyl sites for hydroxylation is 2. The number of carbonyl (C=O) groups is 1. The summed E-state index contributed by atoms with van der Waals surface area (Å²) in [6.45, 7) is 2.60. The van der Waals surface area contributed by atoms with E-state index >= 15 is 0 Å². The van der Waals surface area contributed by atoms with Crippen molar-refractivity contribution in [3.8, 4) is 0 Å². The van der Waals surface area contributed by atoms with Crippen LogP contribution >= 0.6 is 0 Å². The molecule has 0 aromatic carbocycles. The largest absolute Gasteiger partial charge is 0.469 e. The second-order valence-corrected chi connectivity index (χ2v) is 4.01. The van der Waals surface area contributed by atoms with Gasteiger partial charge < -0.3 is 14.7 Å². The summed E-state index contributed by atoms with van der Waals surface area (Å²) in [6.07, 6.45) is 7.50. The van der Waals surface area contributed by atoms with Crippen molar-refractivity contribution in [2.45, 2.75) is 26.2 Å². The lowest BCUT2D eigenvalue weighted by atomic mass is 10.2. The molecule has 0 radical (unpaired) electrons. The van der Waals surface area contributed by atoms with E-state index in [1.807, 2.05) is 6.92 Å². The van der Waals surface area contributed by atoms with Gasteiger partial charge >= 0.3 is 0 Å². The quantitative estimate of drug-likeness (QED) is 0.766. The molecular formula is C13H17N3O2. The second-order valence-electron chi connectivity index (χ2n) is 4.01. The van der Waals surface area contributed by atoms with Gasteiger partial charge in [0, 0.05) is 31.8 Å². The molecule has 2 rings (SSSR count). The summed E-state index contributed by atoms with van der Waals surface area (Å²) >= 11 is 0. The van der Waals surface area contributed by atoms with Gasteiger partial charge in [0.1, 0.15) is 11.6 Å². The van der Waals surface area contributed by atoms with Crippen LogP contribution in [0.2, 0.25) is 0 Å². The number of nitrogens with zero attached hydrogens (tertiary/aromatic N) is 1. The van der Waals surface area contributed by atoms with Crippen LogP contribution in [-0.4, -0.2) is 22.4 Å². The van der Waals surface area contributed by atoms with Crippen LogP contribution in [-0.2, 0) is 12.8 Å². The molecule has 0 aliphatic rings. The highest BCUT2D eigenvalue weighted by Gasteiger charge is 2.12. The van der Waals surface area contributed by atoms with Crippen LogP contribution in [0.4, 0.5) is 0 Å². The smallest absolute Gasteiger partial charge is 0.254 e. The number of aromatic amines is 1. The van der Waals surface area contributed by atoms with E-state index in [1.54, 1.807) is 24.7 Å². The third-order valence-electron chi connectivity index (χ3n) is 2.74. The van der Waals surface area contributed by atoms with Gasteiger partial charge in [0.05, 0.1) is 11.8 Å². The minimum Gasteiger partial charge on any atom is -0.469 e. The average Bonchev–Trinajstić information content (AvgIpc) is 3.04. The van der Waals surface area contributed by atoms with Gasteiger partial charge in [0.15, 0.2) is 0 Å². The van der Waals surface area contributed by atoms with Gasteiger partial charge in [-0.3, -0.25) is 4.79 Å². The number of imidazole rings is 1. The Hall–Kier alpha value is -2.04. The van der Waals surface area contributed by atoms with E-state index in [0.717, 1.165) is 30.8 Å². The highest BCUT2D eigenvalue weighted by Crippen LogP contribution is 2.10. The van der Waals surface area contributed by atoms with Crippen molar-refractivity contribution >= 4 is 5.91 Å². The molecule has 0 unspecified atom stereocenters. The van der Waals surface area contributed by atoms with Crippen LogP contribution in [0, 0.1) is 0 Å². The standard InChI is InChI=1S/C13H17N3O2/c1-2-11-10(5-9-18-11)13(17)16-6-3-4-12-14-7-8-15-12/h5,7-9H,2-4,6H2,1H3,(H,14,15)(H,16,17). The van der Waals surface area contributed by atoms with E-state index in [1.165, 1.54) is 0 Å². The monoisotopic (exact) mass is 247 g/mol. The molecule has 96 valence electrons. The third kappa shape index (κ3) is 3.00. The van der Waals surface area contributed by atoms with Crippen molar-refractivity contribution in [2.24, 2.45) is 0 Å². The van der Waals surface area contributed by atoms with Crippen LogP contribution < -0.4 is 5.32 Å². The Labute approximate surface area is 106 Å². The van der Waals surface area contributed by atoms with Crippen molar-refractivity contribution in [1.29, 1.82) is 0 Å². The molecule has 2 aromatic rings. The molecule has 0 spiro atoms. The molecule has 2 aromatic heterocycles. The van der Waals surface area contributed by atoms with E-state index in [0.29, 0.717) is 12.1 Å². The lowest BCUT2D eigenvalue weighted by Crippen LogP contribution is -2.25. The molecule has 5 heteroatoms. The van der Waals surface area contributed by atoms with Gasteiger partial charge in [-0.25, -0.2) is 4.98 Å². The first kappa shape index (κ1) is 12.4. The van der Waals surface area contributed by atoms with Crippen molar-refractivity contribution in [2.75, 3.05) is 6.54 Å². The lowest BCUT2D eigenvalue weighted by molar-refractivity contribution is 0.0951. The maximum atomic E-state index is 11.9. The molecule has 0 fully saturated rings. The molecule has 0 atom stereocenters. The minimum absolute atomic E-state index is 0.0694. The van der Waals surface area contributed by atoms with Gasteiger partial charge in [-0.2, -0.15) is 0 Å². The van der Waals surface area contributed by atoms with E-state index in [4.69, 9.17) is 4.42 Å². The Bertz CT molecular complexity index is 488. The number of carbonyl (C=O) groups excluding carboxylic acids is 1. The number of nitrogens with one attached hydrogen (secondary N) is 2. The maximum absolute atomic E-state index is 11.9. The van der Waals surface area contributed by atoms with Crippen LogP contribution in [0.5, 0.6) is 0 Å². The summed E-state index contributed by atoms with van der Waals surface area (Å²) in [5.74, 6) is 1.61. The summed E-state index contributed by atoms with van der Waals surface area (Å²) < 4.78 is 5.22. The normalized spacial score (nSPS) is 10.5. The molecule has 0 saturated heterocycles. The fourth-order valence-electron chi connectivity index (χ4n) is 1.80. The fraction of sp³-hybridized carbons (Fsp3) is 0.385. The zero-order chi connectivity index (χ0) is 12.8. The number of amides is 1. The Balaban J connectivity index is 1.75. The van der Waals surface area contributed by atoms with Crippen LogP contribution in [0.15, 0.2) is 29.1 Å². The zero-order valence-electron chi connectivity index (χ0n) is 10.4. The molecule has 0 aliphatic heterocycles. The molecule has 5 nitrogen and oxygen atoms in total. The van der Waals surface area contributed by atoms with E-state index in [9.17, 15) is 4.79 Å². The molecule has 18 heavy (non-hydrogen) atoms. The van der Waals surface area contributed by atoms with Crippen molar-refractivity contribution in [3.05, 3.63) is 41.9 Å². The number of rotatable bonds is 6. The van der Waals surface area contributed by atoms with Crippen molar-refractivity contribution in [3.63, 3.8) is 0 Å². The third-order valence-corrected chi connectivity index (χ3v) is 2.74. The molecule has 0 saturated carbocycles. The number of hydrogen-bond acceptors (Lipinski definition) is 3. The predicted molar refractivity (Wildman–Crippen MR) is 67.3 cm³/mol. The zero-order valence-corrected chi connectivity index (χ0v) is 10.4. The summed E-state index contributed by atoms with van der Waals surface area (Å²) in [5.41, 5.74) is 0.635. The Morgan fingerprint density at radius 3 is 3.17 bits per heavy atom. The summed E-state index contributed by atoms with van der Waals surface area (Å²) in [4.78, 5) is 19.0. The molecule has 1 amide bonds. The summed E-state index contributed by atoms with van der Waals surface area (Å²) in [7, 11) is 0. The second kappa shape index (κ2) is 6.05. The number of aromatic nitrogens is 2. The average molecular weight is 247 g/mol. The first-order valence-electron chi connectivity index (χ1n) is 6.14. The summed E-state index contributed by atoms with van der Waals surface area (Å²) in [6, 6.07) is 1.71. The Morgan fingerprint density at radius 1 is 1.56 bits per heavy atom. The maximum Gasteiger partial charge on any atom is 0.254 e. The minimum atomic E-state index is -0.0694. The SMILES string of the molecule is CCc1occc1C(=O)NCCCc1ncc[nH]1. The van der Waals surface area contributed by atoms with Gasteiger partial charge in [0.2, 0.25) is 0 Å². The van der Waals surface area contributed by atoms with Gasteiger partial charge in [-0.1, -0.05) is 6.92 Å². The Morgan fingerprint density at radius 2 is 2.44 bits per heavy atom. The first-order valence-corrected chi connectivity index (χ1v) is 6.14. The Kier molecular flexibility index (Phi) is 4.17. The highest BCUT2D eigenvalue weighted by atomic mass is 16.3. The van der Waals surface area contributed by atoms with Gasteiger partial charge in [0.25, 0.3) is 5.91 Å². The number of furan rings is 1. The molecular weight excluding hydrogens is 230 g/mol. The van der Waals surface area contributed by atoms with Crippen molar-refractivity contribution in [1.82, 2.24) is 15.3 Å². The van der Waals surface area contributed by atoms with E-state index in [2.05, 4.69) is 15.3 Å². The van der Waals surface area contributed by atoms with Crippen LogP contribution in [0.25, 0.3) is 0 Å². The van der Waals surface area contributed by atoms with Crippen LogP contribution in [0.3, 0.4) is 0 Å². The molecule has 2 heterocycles. The van der Waals surface area contributed by atoms with E-state index < -0.39 is 0 Å². The predicted octanol–water partition coefficient (Wildman–Crippen LogP) is 1.93. The van der Waals surface area contributed by atoms with Crippen molar-refractivity contribution < 1.29 is 9.21 Å². The molecule has 0 bridgehead atoms. The highest BCUT2D eigenvalue weighted by molar-refractivity contribution is 5.95. The molecule has 2 N–H and O–H groups in total. The number of H-pyrrole nitrogens is 1. The number of hydrogen-bond donors (Lipinski definition) is 2. The first-order chi connectivity index (χ1) is 8.81. The fourth-order valence-corrected chi connectivity index (χ4v) is 1.80. The summed E-state index contributed by atoms with van der Waals surface area (Å²) in [5, 5.41) is 2.88. The van der Waals surface area contributed by atoms with Gasteiger partial charge in [-0.05, 0) is 12.5 Å². The van der Waals surface area contributed by atoms with E-state index in [-0.39, 0.29) is 5.91 Å².